The number of likely N-dealkylation sites (tertiary alicyclic amines) is 1. The standard InChI is InChI=1S/C43H49F3N12O2/c1-25-13-29(49-38-8-6-7-35(50-38)32-14-28(45)16-36-39(32)56(26(2)48-36)20-31(59-5)19-53(3)4)18-55(25)40-33-17-47-58(37-10-9-27(44)15-34(37)46)41(33)52-42(51-40)57-12-11-43(57)23-54(24-43)30-21-60-22-30/h6-10,14-17,25,29-31H,11-13,18-24H2,1-5H3,(H,49,50). The Balaban J connectivity index is 0.956. The van der Waals surface area contributed by atoms with Crippen LogP contribution in [0.5, 0.6) is 0 Å². The van der Waals surface area contributed by atoms with E-state index in [2.05, 4.69) is 41.5 Å². The largest absolute Gasteiger partial charge is 0.378 e. The molecular weight excluding hydrogens is 774 g/mol. The molecule has 6 aromatic rings. The lowest BCUT2D eigenvalue weighted by atomic mass is 9.76. The number of hydrogen-bond donors (Lipinski definition) is 1. The van der Waals surface area contributed by atoms with Crippen LogP contribution in [0.2, 0.25) is 0 Å². The molecule has 10 rings (SSSR count). The van der Waals surface area contributed by atoms with Gasteiger partial charge in [-0.2, -0.15) is 15.1 Å². The number of pyridine rings is 1. The van der Waals surface area contributed by atoms with Gasteiger partial charge >= 0.3 is 0 Å². The zero-order valence-electron chi connectivity index (χ0n) is 34.4. The lowest BCUT2D eigenvalue weighted by Gasteiger charge is -2.64. The van der Waals surface area contributed by atoms with Crippen LogP contribution in [0.4, 0.5) is 30.8 Å². The Hall–Kier alpha value is -5.36. The minimum atomic E-state index is -0.727. The molecule has 17 heteroatoms. The van der Waals surface area contributed by atoms with E-state index in [1.807, 2.05) is 39.2 Å². The first-order chi connectivity index (χ1) is 29.0. The van der Waals surface area contributed by atoms with Gasteiger partial charge in [-0.3, -0.25) is 4.90 Å². The number of imidazole rings is 1. The molecule has 14 nitrogen and oxygen atoms in total. The van der Waals surface area contributed by atoms with Crippen molar-refractivity contribution in [3.8, 4) is 16.9 Å². The van der Waals surface area contributed by atoms with Crippen LogP contribution >= 0.6 is 0 Å². The molecule has 3 atom stereocenters. The number of methoxy groups -OCH3 is 1. The molecule has 3 unspecified atom stereocenters. The fourth-order valence-corrected chi connectivity index (χ4v) is 9.53. The minimum Gasteiger partial charge on any atom is -0.378 e. The molecule has 4 fully saturated rings. The number of fused-ring (bicyclic) bond motifs is 2. The lowest BCUT2D eigenvalue weighted by Crippen LogP contribution is -2.80. The molecule has 4 aromatic heterocycles. The van der Waals surface area contributed by atoms with E-state index in [4.69, 9.17) is 29.4 Å². The molecule has 1 N–H and O–H groups in total. The van der Waals surface area contributed by atoms with Crippen molar-refractivity contribution in [2.24, 2.45) is 0 Å². The summed E-state index contributed by atoms with van der Waals surface area (Å²) in [6, 6.07) is 12.7. The number of likely N-dealkylation sites (N-methyl/N-ethyl adjacent to an activating group) is 1. The average molecular weight is 823 g/mol. The van der Waals surface area contributed by atoms with Gasteiger partial charge in [0.25, 0.3) is 0 Å². The smallest absolute Gasteiger partial charge is 0.229 e. The van der Waals surface area contributed by atoms with Gasteiger partial charge in [0.1, 0.15) is 34.8 Å². The van der Waals surface area contributed by atoms with E-state index >= 15 is 8.78 Å². The van der Waals surface area contributed by atoms with Crippen molar-refractivity contribution in [3.05, 3.63) is 78.0 Å². The van der Waals surface area contributed by atoms with Gasteiger partial charge in [-0.05, 0) is 71.1 Å². The van der Waals surface area contributed by atoms with Crippen molar-refractivity contribution >= 4 is 39.7 Å². The molecule has 314 valence electrons. The van der Waals surface area contributed by atoms with Crippen molar-refractivity contribution < 1.29 is 22.6 Å². The summed E-state index contributed by atoms with van der Waals surface area (Å²) >= 11 is 0. The van der Waals surface area contributed by atoms with Crippen LogP contribution in [-0.4, -0.2) is 141 Å². The third-order valence-electron chi connectivity index (χ3n) is 12.8. The fraction of sp³-hybridized carbons (Fsp3) is 0.465. The fourth-order valence-electron chi connectivity index (χ4n) is 9.53. The summed E-state index contributed by atoms with van der Waals surface area (Å²) < 4.78 is 59.3. The highest BCUT2D eigenvalue weighted by atomic mass is 19.1. The van der Waals surface area contributed by atoms with Gasteiger partial charge in [-0.1, -0.05) is 6.07 Å². The van der Waals surface area contributed by atoms with Crippen LogP contribution in [0.1, 0.15) is 25.6 Å². The van der Waals surface area contributed by atoms with E-state index in [1.54, 1.807) is 13.3 Å². The summed E-state index contributed by atoms with van der Waals surface area (Å²) in [6.07, 6.45) is 3.38. The van der Waals surface area contributed by atoms with Gasteiger partial charge in [-0.25, -0.2) is 27.8 Å². The number of nitrogens with one attached hydrogen (secondary N) is 1. The number of hydrogen-bond acceptors (Lipinski definition) is 12. The summed E-state index contributed by atoms with van der Waals surface area (Å²) in [6.45, 7) is 10.1. The predicted octanol–water partition coefficient (Wildman–Crippen LogP) is 5.27. The molecule has 0 radical (unpaired) electrons. The second kappa shape index (κ2) is 15.0. The molecule has 4 aliphatic heterocycles. The van der Waals surface area contributed by atoms with Crippen molar-refractivity contribution in [2.45, 2.75) is 63.0 Å². The van der Waals surface area contributed by atoms with Crippen LogP contribution in [0, 0.1) is 24.4 Å². The summed E-state index contributed by atoms with van der Waals surface area (Å²) in [5, 5.41) is 8.93. The SMILES string of the molecule is COC(CN(C)C)Cn1c(C)nc2cc(F)cc(-c3cccc(NC4CC(C)N(c5nc(N6CCC67CN(C6COC6)C7)nc6c5cnn6-c5ccc(F)cc5F)C4)n3)c21. The Kier molecular flexibility index (Phi) is 9.69. The summed E-state index contributed by atoms with van der Waals surface area (Å²) in [5.74, 6) is 0.944. The molecule has 2 aromatic carbocycles. The average Bonchev–Trinajstić information content (AvgIpc) is 3.84. The van der Waals surface area contributed by atoms with Gasteiger partial charge in [0.2, 0.25) is 5.95 Å². The third-order valence-corrected chi connectivity index (χ3v) is 12.8. The number of benzene rings is 2. The zero-order chi connectivity index (χ0) is 41.4. The highest BCUT2D eigenvalue weighted by molar-refractivity contribution is 5.92. The Morgan fingerprint density at radius 2 is 1.85 bits per heavy atom. The van der Waals surface area contributed by atoms with E-state index in [1.165, 1.54) is 28.9 Å². The molecule has 4 aliphatic rings. The molecule has 0 amide bonds. The first-order valence-electron chi connectivity index (χ1n) is 20.6. The van der Waals surface area contributed by atoms with Gasteiger partial charge in [-0.15, -0.1) is 0 Å². The monoisotopic (exact) mass is 822 g/mol. The van der Waals surface area contributed by atoms with E-state index in [9.17, 15) is 4.39 Å². The number of rotatable bonds is 12. The Bertz CT molecular complexity index is 2590. The lowest BCUT2D eigenvalue weighted by molar-refractivity contribution is -0.118. The third kappa shape index (κ3) is 6.71. The zero-order valence-corrected chi connectivity index (χ0v) is 34.4. The highest BCUT2D eigenvalue weighted by Crippen LogP contribution is 2.44. The van der Waals surface area contributed by atoms with E-state index < -0.39 is 11.6 Å². The number of ether oxygens (including phenoxy) is 2. The van der Waals surface area contributed by atoms with Gasteiger partial charge < -0.3 is 34.1 Å². The quantitative estimate of drug-likeness (QED) is 0.173. The summed E-state index contributed by atoms with van der Waals surface area (Å²) in [4.78, 5) is 29.2. The minimum absolute atomic E-state index is 0.0187. The van der Waals surface area contributed by atoms with Crippen molar-refractivity contribution in [1.82, 2.24) is 44.1 Å². The maximum Gasteiger partial charge on any atom is 0.229 e. The molecule has 1 spiro atoms. The van der Waals surface area contributed by atoms with Crippen LogP contribution in [0.25, 0.3) is 39.0 Å². The maximum absolute atomic E-state index is 15.3. The Morgan fingerprint density at radius 3 is 2.57 bits per heavy atom. The Labute approximate surface area is 345 Å². The van der Waals surface area contributed by atoms with Gasteiger partial charge in [0.05, 0.1) is 65.8 Å². The van der Waals surface area contributed by atoms with Crippen molar-refractivity contribution in [2.75, 3.05) is 82.3 Å². The molecule has 0 aliphatic carbocycles. The molecule has 0 saturated carbocycles. The van der Waals surface area contributed by atoms with Gasteiger partial charge in [0, 0.05) is 69.6 Å². The predicted molar refractivity (Wildman–Crippen MR) is 223 cm³/mol. The molecule has 4 saturated heterocycles. The number of aryl methyl sites for hydroxylation is 1. The maximum atomic E-state index is 15.3. The second-order valence-electron chi connectivity index (χ2n) is 17.2. The summed E-state index contributed by atoms with van der Waals surface area (Å²) in [5.41, 5.74) is 3.15. The topological polar surface area (TPSA) is 118 Å². The molecule has 0 bridgehead atoms. The highest BCUT2D eigenvalue weighted by Gasteiger charge is 2.56. The second-order valence-corrected chi connectivity index (χ2v) is 17.2. The molecular formula is C43H49F3N12O2. The molecule has 8 heterocycles. The first kappa shape index (κ1) is 38.8. The van der Waals surface area contributed by atoms with Crippen LogP contribution < -0.4 is 15.1 Å². The van der Waals surface area contributed by atoms with Crippen LogP contribution in [-0.2, 0) is 16.0 Å². The summed E-state index contributed by atoms with van der Waals surface area (Å²) in [7, 11) is 5.72. The molecule has 60 heavy (non-hydrogen) atoms. The van der Waals surface area contributed by atoms with E-state index in [-0.39, 0.29) is 35.2 Å². The van der Waals surface area contributed by atoms with E-state index in [0.29, 0.717) is 71.1 Å². The number of halogens is 3. The number of aromatic nitrogens is 7. The van der Waals surface area contributed by atoms with Crippen LogP contribution in [0.15, 0.2) is 54.7 Å². The normalized spacial score (nSPS) is 20.9. The number of anilines is 3. The number of nitrogens with zero attached hydrogens (tertiary/aromatic N) is 11. The van der Waals surface area contributed by atoms with Crippen molar-refractivity contribution in [3.63, 3.8) is 0 Å². The van der Waals surface area contributed by atoms with Crippen molar-refractivity contribution in [1.29, 1.82) is 0 Å². The van der Waals surface area contributed by atoms with Gasteiger partial charge in [0.15, 0.2) is 11.5 Å². The first-order valence-corrected chi connectivity index (χ1v) is 20.6. The Morgan fingerprint density at radius 1 is 1.02 bits per heavy atom. The van der Waals surface area contributed by atoms with Crippen LogP contribution in [0.3, 0.4) is 0 Å². The van der Waals surface area contributed by atoms with E-state index in [0.717, 1.165) is 63.1 Å².